The average Bonchev–Trinajstić information content (AvgIpc) is 3.14. The summed E-state index contributed by atoms with van der Waals surface area (Å²) >= 11 is 5.98. The summed E-state index contributed by atoms with van der Waals surface area (Å²) in [6, 6.07) is 13.2. The third-order valence-corrected chi connectivity index (χ3v) is 4.42. The van der Waals surface area contributed by atoms with E-state index in [0.29, 0.717) is 22.4 Å². The third-order valence-electron chi connectivity index (χ3n) is 4.18. The SMILES string of the molecule is Cn1c(/N=C(\N)OCc2nc3ccc(Cl)cc3[nH]2)c(N)c2ccccc21. The highest BCUT2D eigenvalue weighted by Crippen LogP contribution is 2.33. The highest BCUT2D eigenvalue weighted by molar-refractivity contribution is 6.31. The summed E-state index contributed by atoms with van der Waals surface area (Å²) in [5.41, 5.74) is 15.3. The highest BCUT2D eigenvalue weighted by Gasteiger charge is 2.12. The van der Waals surface area contributed by atoms with E-state index in [2.05, 4.69) is 15.0 Å². The summed E-state index contributed by atoms with van der Waals surface area (Å²) in [4.78, 5) is 11.9. The molecule has 2 heterocycles. The Hall–Kier alpha value is -3.19. The summed E-state index contributed by atoms with van der Waals surface area (Å²) in [5.74, 6) is 1.19. The van der Waals surface area contributed by atoms with Crippen LogP contribution in [-0.4, -0.2) is 20.6 Å². The predicted octanol–water partition coefficient (Wildman–Crippen LogP) is 3.45. The van der Waals surface area contributed by atoms with Crippen molar-refractivity contribution in [2.75, 3.05) is 5.73 Å². The maximum Gasteiger partial charge on any atom is 0.289 e. The standard InChI is InChI=1S/C18H17ClN6O/c1-25-14-5-3-2-4-11(14)16(20)17(25)24-18(21)26-9-15-22-12-7-6-10(19)8-13(12)23-15/h2-8H,9,20H2,1H3,(H2,21,24)(H,22,23). The zero-order chi connectivity index (χ0) is 18.3. The van der Waals surface area contributed by atoms with Crippen molar-refractivity contribution in [3.63, 3.8) is 0 Å². The first kappa shape index (κ1) is 16.3. The van der Waals surface area contributed by atoms with Crippen molar-refractivity contribution in [3.05, 3.63) is 53.3 Å². The molecule has 4 rings (SSSR count). The van der Waals surface area contributed by atoms with Gasteiger partial charge in [0, 0.05) is 17.5 Å². The lowest BCUT2D eigenvalue weighted by molar-refractivity contribution is 0.279. The van der Waals surface area contributed by atoms with Crippen molar-refractivity contribution in [3.8, 4) is 0 Å². The van der Waals surface area contributed by atoms with Gasteiger partial charge in [-0.15, -0.1) is 0 Å². The van der Waals surface area contributed by atoms with Crippen molar-refractivity contribution in [1.29, 1.82) is 0 Å². The lowest BCUT2D eigenvalue weighted by Crippen LogP contribution is -2.16. The summed E-state index contributed by atoms with van der Waals surface area (Å²) < 4.78 is 7.41. The number of hydrogen-bond acceptors (Lipinski definition) is 4. The molecule has 0 aliphatic heterocycles. The molecule has 4 aromatic rings. The van der Waals surface area contributed by atoms with Gasteiger partial charge in [-0.2, -0.15) is 4.99 Å². The monoisotopic (exact) mass is 368 g/mol. The molecule has 26 heavy (non-hydrogen) atoms. The van der Waals surface area contributed by atoms with Crippen LogP contribution in [0.25, 0.3) is 21.9 Å². The molecule has 0 amide bonds. The lowest BCUT2D eigenvalue weighted by atomic mass is 10.2. The number of imidazole rings is 1. The lowest BCUT2D eigenvalue weighted by Gasteiger charge is -2.04. The van der Waals surface area contributed by atoms with Crippen LogP contribution in [0.2, 0.25) is 5.02 Å². The van der Waals surface area contributed by atoms with Crippen LogP contribution in [0.4, 0.5) is 11.5 Å². The van der Waals surface area contributed by atoms with Crippen molar-refractivity contribution in [2.45, 2.75) is 6.61 Å². The number of nitrogens with zero attached hydrogens (tertiary/aromatic N) is 3. The molecule has 0 bridgehead atoms. The van der Waals surface area contributed by atoms with Gasteiger partial charge in [-0.1, -0.05) is 29.8 Å². The van der Waals surface area contributed by atoms with Gasteiger partial charge >= 0.3 is 0 Å². The molecule has 0 radical (unpaired) electrons. The molecule has 8 heteroatoms. The van der Waals surface area contributed by atoms with Crippen LogP contribution in [0.15, 0.2) is 47.5 Å². The summed E-state index contributed by atoms with van der Waals surface area (Å²) in [6.45, 7) is 0.158. The number of hydrogen-bond donors (Lipinski definition) is 3. The van der Waals surface area contributed by atoms with Crippen LogP contribution in [-0.2, 0) is 18.4 Å². The summed E-state index contributed by atoms with van der Waals surface area (Å²) in [7, 11) is 1.88. The highest BCUT2D eigenvalue weighted by atomic mass is 35.5. The molecule has 2 aromatic heterocycles. The van der Waals surface area contributed by atoms with Crippen molar-refractivity contribution < 1.29 is 4.74 Å². The largest absolute Gasteiger partial charge is 0.457 e. The Morgan fingerprint density at radius 3 is 2.92 bits per heavy atom. The second kappa shape index (κ2) is 6.27. The molecule has 0 aliphatic rings. The first-order valence-electron chi connectivity index (χ1n) is 7.97. The van der Waals surface area contributed by atoms with E-state index in [1.165, 1.54) is 0 Å². The van der Waals surface area contributed by atoms with Gasteiger partial charge in [0.1, 0.15) is 12.4 Å². The second-order valence-corrected chi connectivity index (χ2v) is 6.33. The molecule has 2 aromatic carbocycles. The van der Waals surface area contributed by atoms with Gasteiger partial charge < -0.3 is 25.8 Å². The first-order chi connectivity index (χ1) is 12.5. The molecule has 0 saturated carbocycles. The van der Waals surface area contributed by atoms with Crippen LogP contribution >= 0.6 is 11.6 Å². The van der Waals surface area contributed by atoms with E-state index in [9.17, 15) is 0 Å². The number of fused-ring (bicyclic) bond motifs is 2. The van der Waals surface area contributed by atoms with Crippen molar-refractivity contribution in [2.24, 2.45) is 17.8 Å². The Bertz CT molecular complexity index is 1100. The fourth-order valence-electron chi connectivity index (χ4n) is 2.93. The van der Waals surface area contributed by atoms with Crippen LogP contribution in [0.3, 0.4) is 0 Å². The second-order valence-electron chi connectivity index (χ2n) is 5.90. The first-order valence-corrected chi connectivity index (χ1v) is 8.34. The number of nitrogen functional groups attached to an aromatic ring is 1. The number of halogens is 1. The molecule has 7 nitrogen and oxygen atoms in total. The summed E-state index contributed by atoms with van der Waals surface area (Å²) in [5, 5.41) is 1.57. The van der Waals surface area contributed by atoms with E-state index < -0.39 is 0 Å². The van der Waals surface area contributed by atoms with Gasteiger partial charge in [-0.25, -0.2) is 4.98 Å². The molecule has 0 atom stereocenters. The van der Waals surface area contributed by atoms with Crippen LogP contribution in [0.1, 0.15) is 5.82 Å². The van der Waals surface area contributed by atoms with E-state index in [1.54, 1.807) is 12.1 Å². The van der Waals surface area contributed by atoms with E-state index in [1.807, 2.05) is 41.9 Å². The zero-order valence-electron chi connectivity index (χ0n) is 14.0. The Morgan fingerprint density at radius 2 is 2.12 bits per heavy atom. The number of benzene rings is 2. The van der Waals surface area contributed by atoms with Crippen LogP contribution in [0, 0.1) is 0 Å². The Morgan fingerprint density at radius 1 is 1.31 bits per heavy atom. The fourth-order valence-corrected chi connectivity index (χ4v) is 3.10. The molecular formula is C18H17ClN6O. The molecule has 132 valence electrons. The number of para-hydroxylation sites is 1. The number of H-pyrrole nitrogens is 1. The maximum absolute atomic E-state index is 6.19. The average molecular weight is 369 g/mol. The zero-order valence-corrected chi connectivity index (χ0v) is 14.8. The Kier molecular flexibility index (Phi) is 3.93. The van der Waals surface area contributed by atoms with Gasteiger partial charge in [-0.05, 0) is 24.3 Å². The maximum atomic E-state index is 6.19. The van der Waals surface area contributed by atoms with Crippen LogP contribution in [0.5, 0.6) is 0 Å². The number of aryl methyl sites for hydroxylation is 1. The number of aliphatic imine (C=N–C) groups is 1. The number of nitrogens with two attached hydrogens (primary N) is 2. The molecule has 5 N–H and O–H groups in total. The van der Waals surface area contributed by atoms with E-state index >= 15 is 0 Å². The molecule has 0 unspecified atom stereocenters. The number of ether oxygens (including phenoxy) is 1. The number of rotatable bonds is 3. The molecule has 0 spiro atoms. The number of aromatic nitrogens is 3. The van der Waals surface area contributed by atoms with Gasteiger partial charge in [0.15, 0.2) is 5.82 Å². The van der Waals surface area contributed by atoms with Crippen molar-refractivity contribution in [1.82, 2.24) is 14.5 Å². The van der Waals surface area contributed by atoms with E-state index in [4.69, 9.17) is 27.8 Å². The van der Waals surface area contributed by atoms with E-state index in [-0.39, 0.29) is 12.6 Å². The van der Waals surface area contributed by atoms with Gasteiger partial charge in [0.05, 0.1) is 22.2 Å². The van der Waals surface area contributed by atoms with Crippen molar-refractivity contribution >= 4 is 51.1 Å². The Balaban J connectivity index is 1.57. The molecule has 0 aliphatic carbocycles. The van der Waals surface area contributed by atoms with E-state index in [0.717, 1.165) is 21.9 Å². The topological polar surface area (TPSA) is 107 Å². The number of anilines is 1. The molecule has 0 saturated heterocycles. The Labute approximate surface area is 154 Å². The minimum Gasteiger partial charge on any atom is -0.457 e. The predicted molar refractivity (Wildman–Crippen MR) is 105 cm³/mol. The number of amidine groups is 1. The van der Waals surface area contributed by atoms with Crippen LogP contribution < -0.4 is 11.5 Å². The fraction of sp³-hybridized carbons (Fsp3) is 0.111. The van der Waals surface area contributed by atoms with Gasteiger partial charge in [-0.3, -0.25) is 0 Å². The molecule has 0 fully saturated rings. The minimum atomic E-state index is 0.0149. The van der Waals surface area contributed by atoms with Gasteiger partial charge in [0.2, 0.25) is 0 Å². The summed E-state index contributed by atoms with van der Waals surface area (Å²) in [6.07, 6.45) is 0. The number of aromatic amines is 1. The smallest absolute Gasteiger partial charge is 0.289 e. The quantitative estimate of drug-likeness (QED) is 0.380. The van der Waals surface area contributed by atoms with Gasteiger partial charge in [0.25, 0.3) is 6.02 Å². The number of nitrogens with one attached hydrogen (secondary N) is 1. The molecular weight excluding hydrogens is 352 g/mol. The third kappa shape index (κ3) is 2.82. The normalized spacial score (nSPS) is 12.2. The minimum absolute atomic E-state index is 0.0149.